The third-order valence-corrected chi connectivity index (χ3v) is 3.14. The molecule has 2 nitrogen and oxygen atoms in total. The van der Waals surface area contributed by atoms with Crippen LogP contribution in [-0.4, -0.2) is 18.8 Å². The van der Waals surface area contributed by atoms with E-state index in [9.17, 15) is 18.0 Å². The number of hydrogen-bond acceptors (Lipinski definition) is 2. The Labute approximate surface area is 101 Å². The SMILES string of the molecule is CC[C@H](C)C[C@@](C)(CC)C(=O)OCC(F)(F)F. The van der Waals surface area contributed by atoms with Crippen molar-refractivity contribution in [1.29, 1.82) is 0 Å². The summed E-state index contributed by atoms with van der Waals surface area (Å²) in [5, 5.41) is 0. The van der Waals surface area contributed by atoms with Gasteiger partial charge >= 0.3 is 12.1 Å². The Morgan fingerprint density at radius 2 is 1.82 bits per heavy atom. The van der Waals surface area contributed by atoms with Gasteiger partial charge in [-0.15, -0.1) is 0 Å². The van der Waals surface area contributed by atoms with E-state index in [0.29, 0.717) is 18.8 Å². The summed E-state index contributed by atoms with van der Waals surface area (Å²) in [5.41, 5.74) is -0.819. The Hall–Kier alpha value is -0.740. The highest BCUT2D eigenvalue weighted by Gasteiger charge is 2.37. The molecule has 0 bridgehead atoms. The summed E-state index contributed by atoms with van der Waals surface area (Å²) < 4.78 is 40.2. The van der Waals surface area contributed by atoms with Gasteiger partial charge in [0.1, 0.15) is 0 Å². The molecule has 2 atom stereocenters. The maximum Gasteiger partial charge on any atom is 0.422 e. The van der Waals surface area contributed by atoms with Gasteiger partial charge in [0.2, 0.25) is 0 Å². The molecule has 0 spiro atoms. The summed E-state index contributed by atoms with van der Waals surface area (Å²) in [6.07, 6.45) is -2.53. The standard InChI is InChI=1S/C12H21F3O2/c1-5-9(3)7-11(4,6-2)10(16)17-8-12(13,14)15/h9H,5-8H2,1-4H3/t9-,11+/m0/s1. The third-order valence-electron chi connectivity index (χ3n) is 3.14. The van der Waals surface area contributed by atoms with Crippen LogP contribution in [0.25, 0.3) is 0 Å². The molecule has 102 valence electrons. The highest BCUT2D eigenvalue weighted by molar-refractivity contribution is 5.76. The molecule has 0 aliphatic rings. The topological polar surface area (TPSA) is 26.3 Å². The zero-order valence-electron chi connectivity index (χ0n) is 10.9. The molecule has 0 radical (unpaired) electrons. The molecule has 0 aromatic heterocycles. The fraction of sp³-hybridized carbons (Fsp3) is 0.917. The normalized spacial score (nSPS) is 17.4. The molecule has 0 saturated carbocycles. The van der Waals surface area contributed by atoms with Gasteiger partial charge in [-0.1, -0.05) is 27.2 Å². The molecule has 0 amide bonds. The quantitative estimate of drug-likeness (QED) is 0.671. The number of carbonyl (C=O) groups excluding carboxylic acids is 1. The first-order valence-electron chi connectivity index (χ1n) is 5.88. The van der Waals surface area contributed by atoms with E-state index in [1.165, 1.54) is 0 Å². The maximum absolute atomic E-state index is 12.0. The smallest absolute Gasteiger partial charge is 0.422 e. The summed E-state index contributed by atoms with van der Waals surface area (Å²) in [6.45, 7) is 5.92. The fourth-order valence-electron chi connectivity index (χ4n) is 1.61. The van der Waals surface area contributed by atoms with Crippen LogP contribution in [0.15, 0.2) is 0 Å². The fourth-order valence-corrected chi connectivity index (χ4v) is 1.61. The molecule has 0 aromatic carbocycles. The van der Waals surface area contributed by atoms with Gasteiger partial charge in [-0.3, -0.25) is 4.79 Å². The average molecular weight is 254 g/mol. The van der Waals surface area contributed by atoms with Crippen molar-refractivity contribution < 1.29 is 22.7 Å². The van der Waals surface area contributed by atoms with E-state index in [2.05, 4.69) is 4.74 Å². The second kappa shape index (κ2) is 6.26. The summed E-state index contributed by atoms with van der Waals surface area (Å²) in [6, 6.07) is 0. The molecular formula is C12H21F3O2. The van der Waals surface area contributed by atoms with E-state index in [0.717, 1.165) is 6.42 Å². The van der Waals surface area contributed by atoms with E-state index in [1.807, 2.05) is 13.8 Å². The predicted molar refractivity (Wildman–Crippen MR) is 59.5 cm³/mol. The lowest BCUT2D eigenvalue weighted by Gasteiger charge is -2.28. The number of halogens is 3. The second-order valence-corrected chi connectivity index (χ2v) is 4.82. The molecular weight excluding hydrogens is 233 g/mol. The molecule has 5 heteroatoms. The van der Waals surface area contributed by atoms with Gasteiger partial charge in [0.25, 0.3) is 0 Å². The number of alkyl halides is 3. The summed E-state index contributed by atoms with van der Waals surface area (Å²) >= 11 is 0. The van der Waals surface area contributed by atoms with Crippen LogP contribution in [0.3, 0.4) is 0 Å². The largest absolute Gasteiger partial charge is 0.456 e. The van der Waals surface area contributed by atoms with Gasteiger partial charge in [-0.25, -0.2) is 0 Å². The van der Waals surface area contributed by atoms with E-state index >= 15 is 0 Å². The van der Waals surface area contributed by atoms with Gasteiger partial charge in [-0.05, 0) is 25.7 Å². The predicted octanol–water partition coefficient (Wildman–Crippen LogP) is 3.94. The minimum atomic E-state index is -4.46. The lowest BCUT2D eigenvalue weighted by molar-refractivity contribution is -0.193. The Kier molecular flexibility index (Phi) is 5.99. The van der Waals surface area contributed by atoms with Crippen LogP contribution in [0.5, 0.6) is 0 Å². The third kappa shape index (κ3) is 5.94. The highest BCUT2D eigenvalue weighted by Crippen LogP contribution is 2.33. The first-order valence-corrected chi connectivity index (χ1v) is 5.88. The number of esters is 1. The molecule has 0 aliphatic heterocycles. The lowest BCUT2D eigenvalue weighted by atomic mass is 9.78. The van der Waals surface area contributed by atoms with Crippen molar-refractivity contribution in [3.63, 3.8) is 0 Å². The Morgan fingerprint density at radius 1 is 1.29 bits per heavy atom. The highest BCUT2D eigenvalue weighted by atomic mass is 19.4. The van der Waals surface area contributed by atoms with Crippen LogP contribution in [0.1, 0.15) is 47.0 Å². The van der Waals surface area contributed by atoms with Crippen molar-refractivity contribution in [2.75, 3.05) is 6.61 Å². The molecule has 17 heavy (non-hydrogen) atoms. The monoisotopic (exact) mass is 254 g/mol. The van der Waals surface area contributed by atoms with Crippen LogP contribution in [-0.2, 0) is 9.53 Å². The van der Waals surface area contributed by atoms with E-state index in [4.69, 9.17) is 0 Å². The van der Waals surface area contributed by atoms with Crippen molar-refractivity contribution in [3.8, 4) is 0 Å². The van der Waals surface area contributed by atoms with E-state index in [-0.39, 0.29) is 0 Å². The maximum atomic E-state index is 12.0. The van der Waals surface area contributed by atoms with Crippen LogP contribution < -0.4 is 0 Å². The van der Waals surface area contributed by atoms with Gasteiger partial charge in [0.05, 0.1) is 5.41 Å². The molecule has 0 aromatic rings. The van der Waals surface area contributed by atoms with Crippen molar-refractivity contribution >= 4 is 5.97 Å². The lowest BCUT2D eigenvalue weighted by Crippen LogP contribution is -2.33. The molecule has 0 aliphatic carbocycles. The van der Waals surface area contributed by atoms with Crippen molar-refractivity contribution in [2.24, 2.45) is 11.3 Å². The molecule has 0 fully saturated rings. The van der Waals surface area contributed by atoms with Gasteiger partial charge in [0.15, 0.2) is 6.61 Å². The van der Waals surface area contributed by atoms with E-state index in [1.54, 1.807) is 13.8 Å². The zero-order valence-corrected chi connectivity index (χ0v) is 10.9. The first kappa shape index (κ1) is 16.3. The second-order valence-electron chi connectivity index (χ2n) is 4.82. The summed E-state index contributed by atoms with van der Waals surface area (Å²) in [7, 11) is 0. The van der Waals surface area contributed by atoms with Crippen molar-refractivity contribution in [1.82, 2.24) is 0 Å². The zero-order chi connectivity index (χ0) is 13.7. The average Bonchev–Trinajstić information content (AvgIpc) is 2.24. The van der Waals surface area contributed by atoms with Crippen LogP contribution >= 0.6 is 0 Å². The summed E-state index contributed by atoms with van der Waals surface area (Å²) in [5.74, 6) is -0.462. The first-order chi connectivity index (χ1) is 7.64. The van der Waals surface area contributed by atoms with Gasteiger partial charge in [-0.2, -0.15) is 13.2 Å². The van der Waals surface area contributed by atoms with Crippen LogP contribution in [0.2, 0.25) is 0 Å². The molecule has 0 saturated heterocycles. The minimum Gasteiger partial charge on any atom is -0.456 e. The number of hydrogen-bond donors (Lipinski definition) is 0. The van der Waals surface area contributed by atoms with Crippen molar-refractivity contribution in [3.05, 3.63) is 0 Å². The van der Waals surface area contributed by atoms with Gasteiger partial charge in [0, 0.05) is 0 Å². The molecule has 0 heterocycles. The van der Waals surface area contributed by atoms with Crippen LogP contribution in [0.4, 0.5) is 13.2 Å². The van der Waals surface area contributed by atoms with Crippen molar-refractivity contribution in [2.45, 2.75) is 53.1 Å². The van der Waals surface area contributed by atoms with Gasteiger partial charge < -0.3 is 4.74 Å². The van der Waals surface area contributed by atoms with E-state index < -0.39 is 24.2 Å². The molecule has 0 rings (SSSR count). The number of ether oxygens (including phenoxy) is 1. The summed E-state index contributed by atoms with van der Waals surface area (Å²) in [4.78, 5) is 11.7. The Bertz CT molecular complexity index is 251. The number of rotatable bonds is 6. The molecule has 0 unspecified atom stereocenters. The number of carbonyl (C=O) groups is 1. The minimum absolute atomic E-state index is 0.290. The Morgan fingerprint density at radius 3 is 2.18 bits per heavy atom. The Balaban J connectivity index is 4.47. The van der Waals surface area contributed by atoms with Crippen LogP contribution in [0, 0.1) is 11.3 Å². The molecule has 0 N–H and O–H groups in total.